The van der Waals surface area contributed by atoms with Gasteiger partial charge in [0.1, 0.15) is 0 Å². The first-order chi connectivity index (χ1) is 13.0. The highest BCUT2D eigenvalue weighted by molar-refractivity contribution is 5.77. The number of nitrogens with zero attached hydrogens (tertiary/aromatic N) is 3. The van der Waals surface area contributed by atoms with E-state index in [1.165, 1.54) is 0 Å². The average Bonchev–Trinajstić information content (AvgIpc) is 3.08. The normalized spacial score (nSPS) is 21.7. The van der Waals surface area contributed by atoms with Crippen LogP contribution in [0.2, 0.25) is 0 Å². The lowest BCUT2D eigenvalue weighted by molar-refractivity contribution is -0.131. The molecule has 0 radical (unpaired) electrons. The Morgan fingerprint density at radius 2 is 2.04 bits per heavy atom. The predicted octanol–water partition coefficient (Wildman–Crippen LogP) is 3.50. The molecule has 1 spiro atoms. The minimum Gasteiger partial charge on any atom is -0.376 e. The topological polar surface area (TPSA) is 55.3 Å². The van der Waals surface area contributed by atoms with Crippen LogP contribution in [0.15, 0.2) is 30.3 Å². The van der Waals surface area contributed by atoms with Gasteiger partial charge in [0.25, 0.3) is 0 Å². The highest BCUT2D eigenvalue weighted by Gasteiger charge is 2.46. The van der Waals surface area contributed by atoms with Crippen molar-refractivity contribution in [2.75, 3.05) is 19.7 Å². The van der Waals surface area contributed by atoms with Gasteiger partial charge >= 0.3 is 0 Å². The van der Waals surface area contributed by atoms with Crippen LogP contribution in [-0.4, -0.2) is 40.5 Å². The second kappa shape index (κ2) is 7.04. The molecule has 5 heteroatoms. The third kappa shape index (κ3) is 3.36. The SMILES string of the molecule is Cc1nc(-c2ccccc2)nc2c1COCC21CCN(C(=O)CC(C)C)C1. The van der Waals surface area contributed by atoms with Gasteiger partial charge in [-0.05, 0) is 19.3 Å². The molecule has 3 heterocycles. The molecule has 2 aromatic rings. The van der Waals surface area contributed by atoms with E-state index in [-0.39, 0.29) is 11.3 Å². The van der Waals surface area contributed by atoms with E-state index in [1.54, 1.807) is 0 Å². The van der Waals surface area contributed by atoms with Crippen molar-refractivity contribution in [1.82, 2.24) is 14.9 Å². The van der Waals surface area contributed by atoms with Crippen molar-refractivity contribution < 1.29 is 9.53 Å². The van der Waals surface area contributed by atoms with Gasteiger partial charge < -0.3 is 9.64 Å². The van der Waals surface area contributed by atoms with E-state index >= 15 is 0 Å². The zero-order chi connectivity index (χ0) is 19.0. The van der Waals surface area contributed by atoms with Crippen molar-refractivity contribution in [1.29, 1.82) is 0 Å². The Balaban J connectivity index is 1.71. The van der Waals surface area contributed by atoms with Gasteiger partial charge in [-0.15, -0.1) is 0 Å². The van der Waals surface area contributed by atoms with Crippen molar-refractivity contribution in [3.8, 4) is 11.4 Å². The molecule has 5 nitrogen and oxygen atoms in total. The number of rotatable bonds is 3. The number of ether oxygens (including phenoxy) is 1. The van der Waals surface area contributed by atoms with E-state index in [9.17, 15) is 4.79 Å². The molecule has 0 bridgehead atoms. The molecule has 1 aromatic heterocycles. The summed E-state index contributed by atoms with van der Waals surface area (Å²) in [5.41, 5.74) is 3.97. The Labute approximate surface area is 160 Å². The first-order valence-electron chi connectivity index (χ1n) is 9.77. The smallest absolute Gasteiger partial charge is 0.222 e. The number of likely N-dealkylation sites (tertiary alicyclic amines) is 1. The van der Waals surface area contributed by atoms with Crippen molar-refractivity contribution in [3.63, 3.8) is 0 Å². The Kier molecular flexibility index (Phi) is 4.72. The van der Waals surface area contributed by atoms with E-state index in [0.717, 1.165) is 41.3 Å². The zero-order valence-electron chi connectivity index (χ0n) is 16.4. The molecule has 0 N–H and O–H groups in total. The number of fused-ring (bicyclic) bond motifs is 2. The third-order valence-electron chi connectivity index (χ3n) is 5.66. The van der Waals surface area contributed by atoms with Gasteiger partial charge in [-0.1, -0.05) is 44.2 Å². The van der Waals surface area contributed by atoms with E-state index in [2.05, 4.69) is 13.8 Å². The Morgan fingerprint density at radius 1 is 1.26 bits per heavy atom. The van der Waals surface area contributed by atoms with Gasteiger partial charge in [0.15, 0.2) is 5.82 Å². The second-order valence-electron chi connectivity index (χ2n) is 8.26. The average molecular weight is 365 g/mol. The first-order valence-corrected chi connectivity index (χ1v) is 9.77. The van der Waals surface area contributed by atoms with Crippen LogP contribution in [0.1, 0.15) is 43.6 Å². The molecule has 142 valence electrons. The largest absolute Gasteiger partial charge is 0.376 e. The monoisotopic (exact) mass is 365 g/mol. The summed E-state index contributed by atoms with van der Waals surface area (Å²) >= 11 is 0. The Hall–Kier alpha value is -2.27. The summed E-state index contributed by atoms with van der Waals surface area (Å²) < 4.78 is 5.95. The number of benzene rings is 1. The fourth-order valence-corrected chi connectivity index (χ4v) is 4.22. The quantitative estimate of drug-likeness (QED) is 0.835. The van der Waals surface area contributed by atoms with E-state index in [4.69, 9.17) is 14.7 Å². The standard InChI is InChI=1S/C22H27N3O2/c1-15(2)11-19(26)25-10-9-22(13-25)14-27-12-18-16(3)23-21(24-20(18)22)17-7-5-4-6-8-17/h4-8,15H,9-14H2,1-3H3. The number of amides is 1. The van der Waals surface area contributed by atoms with Crippen molar-refractivity contribution in [3.05, 3.63) is 47.3 Å². The molecular formula is C22H27N3O2. The fraction of sp³-hybridized carbons (Fsp3) is 0.500. The number of carbonyl (C=O) groups excluding carboxylic acids is 1. The molecule has 1 atom stereocenters. The van der Waals surface area contributed by atoms with E-state index in [1.807, 2.05) is 42.2 Å². The summed E-state index contributed by atoms with van der Waals surface area (Å²) in [6, 6.07) is 10.1. The summed E-state index contributed by atoms with van der Waals surface area (Å²) in [5, 5.41) is 0. The van der Waals surface area contributed by atoms with Crippen LogP contribution < -0.4 is 0 Å². The maximum atomic E-state index is 12.6. The van der Waals surface area contributed by atoms with Gasteiger partial charge in [0.05, 0.1) is 24.3 Å². The summed E-state index contributed by atoms with van der Waals surface area (Å²) in [6.07, 6.45) is 1.50. The number of carbonyl (C=O) groups is 1. The number of hydrogen-bond acceptors (Lipinski definition) is 4. The highest BCUT2D eigenvalue weighted by Crippen LogP contribution is 2.40. The van der Waals surface area contributed by atoms with Gasteiger partial charge in [-0.2, -0.15) is 0 Å². The van der Waals surface area contributed by atoms with Crippen LogP contribution in [0.3, 0.4) is 0 Å². The van der Waals surface area contributed by atoms with Crippen LogP contribution in [0.4, 0.5) is 0 Å². The number of hydrogen-bond donors (Lipinski definition) is 0. The van der Waals surface area contributed by atoms with Gasteiger partial charge in [-0.25, -0.2) is 9.97 Å². The first kappa shape index (κ1) is 18.1. The van der Waals surface area contributed by atoms with Gasteiger partial charge in [0, 0.05) is 36.3 Å². The molecule has 1 aromatic carbocycles. The molecule has 1 saturated heterocycles. The van der Waals surface area contributed by atoms with Gasteiger partial charge in [-0.3, -0.25) is 4.79 Å². The van der Waals surface area contributed by atoms with Crippen LogP contribution in [0, 0.1) is 12.8 Å². The molecule has 4 rings (SSSR count). The van der Waals surface area contributed by atoms with Crippen molar-refractivity contribution >= 4 is 5.91 Å². The third-order valence-corrected chi connectivity index (χ3v) is 5.66. The number of aryl methyl sites for hydroxylation is 1. The minimum atomic E-state index is -0.211. The molecule has 2 aliphatic heterocycles. The Bertz CT molecular complexity index is 850. The molecule has 0 aliphatic carbocycles. The second-order valence-corrected chi connectivity index (χ2v) is 8.26. The molecule has 0 saturated carbocycles. The lowest BCUT2D eigenvalue weighted by Crippen LogP contribution is -2.42. The van der Waals surface area contributed by atoms with Crippen molar-refractivity contribution in [2.45, 2.75) is 45.6 Å². The lowest BCUT2D eigenvalue weighted by Gasteiger charge is -2.35. The van der Waals surface area contributed by atoms with E-state index < -0.39 is 0 Å². The van der Waals surface area contributed by atoms with Crippen molar-refractivity contribution in [2.24, 2.45) is 5.92 Å². The summed E-state index contributed by atoms with van der Waals surface area (Å²) in [4.78, 5) is 24.3. The summed E-state index contributed by atoms with van der Waals surface area (Å²) in [7, 11) is 0. The molecule has 1 unspecified atom stereocenters. The summed E-state index contributed by atoms with van der Waals surface area (Å²) in [5.74, 6) is 1.38. The minimum absolute atomic E-state index is 0.211. The van der Waals surface area contributed by atoms with Crippen LogP contribution in [0.25, 0.3) is 11.4 Å². The predicted molar refractivity (Wildman–Crippen MR) is 104 cm³/mol. The van der Waals surface area contributed by atoms with Crippen LogP contribution in [0.5, 0.6) is 0 Å². The highest BCUT2D eigenvalue weighted by atomic mass is 16.5. The van der Waals surface area contributed by atoms with Crippen LogP contribution in [-0.2, 0) is 21.6 Å². The van der Waals surface area contributed by atoms with E-state index in [0.29, 0.717) is 32.1 Å². The molecule has 1 fully saturated rings. The molecule has 1 amide bonds. The molecule has 27 heavy (non-hydrogen) atoms. The zero-order valence-corrected chi connectivity index (χ0v) is 16.4. The Morgan fingerprint density at radius 3 is 2.78 bits per heavy atom. The number of aromatic nitrogens is 2. The fourth-order valence-electron chi connectivity index (χ4n) is 4.22. The van der Waals surface area contributed by atoms with Crippen LogP contribution >= 0.6 is 0 Å². The summed E-state index contributed by atoms with van der Waals surface area (Å²) in [6.45, 7) is 8.85. The molecule has 2 aliphatic rings. The molecular weight excluding hydrogens is 338 g/mol. The maximum Gasteiger partial charge on any atom is 0.222 e. The van der Waals surface area contributed by atoms with Gasteiger partial charge in [0.2, 0.25) is 5.91 Å². The lowest BCUT2D eigenvalue weighted by atomic mass is 9.80. The maximum absolute atomic E-state index is 12.6.